The second-order valence-electron chi connectivity index (χ2n) is 6.67. The number of aromatic nitrogens is 3. The van der Waals surface area contributed by atoms with Crippen LogP contribution in [0.3, 0.4) is 0 Å². The first-order chi connectivity index (χ1) is 15.0. The van der Waals surface area contributed by atoms with Crippen LogP contribution in [0.1, 0.15) is 11.4 Å². The van der Waals surface area contributed by atoms with Gasteiger partial charge in [-0.25, -0.2) is 0 Å². The highest BCUT2D eigenvalue weighted by Crippen LogP contribution is 2.24. The molecule has 2 heterocycles. The fourth-order valence-corrected chi connectivity index (χ4v) is 3.26. The molecule has 156 valence electrons. The van der Waals surface area contributed by atoms with E-state index >= 15 is 0 Å². The maximum Gasteiger partial charge on any atom is 0.395 e. The van der Waals surface area contributed by atoms with Crippen LogP contribution in [0.5, 0.6) is 11.6 Å². The Labute approximate surface area is 176 Å². The van der Waals surface area contributed by atoms with E-state index in [1.165, 1.54) is 6.08 Å². The summed E-state index contributed by atoms with van der Waals surface area (Å²) in [6.45, 7) is 1.10. The molecule has 4 rings (SSSR count). The Bertz CT molecular complexity index is 1320. The molecule has 4 aromatic rings. The molecule has 0 saturated heterocycles. The van der Waals surface area contributed by atoms with Crippen molar-refractivity contribution >= 4 is 28.7 Å². The number of nitrogens with one attached hydrogen (secondary N) is 1. The molecule has 0 aliphatic carbocycles. The molecule has 0 fully saturated rings. The summed E-state index contributed by atoms with van der Waals surface area (Å²) in [4.78, 5) is 27.6. The molecular formula is C22H18N4O5. The largest absolute Gasteiger partial charge is 0.492 e. The molecule has 31 heavy (non-hydrogen) atoms. The third kappa shape index (κ3) is 4.30. The zero-order valence-corrected chi connectivity index (χ0v) is 16.3. The highest BCUT2D eigenvalue weighted by atomic mass is 16.6. The maximum absolute atomic E-state index is 11.8. The van der Waals surface area contributed by atoms with Gasteiger partial charge in [0.2, 0.25) is 0 Å². The Morgan fingerprint density at radius 1 is 1.13 bits per heavy atom. The molecule has 2 aromatic heterocycles. The topological polar surface area (TPSA) is 123 Å². The highest BCUT2D eigenvalue weighted by molar-refractivity contribution is 5.91. The molecule has 0 spiro atoms. The first kappa shape index (κ1) is 19.9. The fraction of sp³-hybridized carbons (Fsp3) is 0.0909. The lowest BCUT2D eigenvalue weighted by Crippen LogP contribution is -2.14. The molecule has 0 bridgehead atoms. The summed E-state index contributed by atoms with van der Waals surface area (Å²) in [5.74, 6) is -0.113. The van der Waals surface area contributed by atoms with E-state index in [2.05, 4.69) is 14.5 Å². The van der Waals surface area contributed by atoms with Crippen molar-refractivity contribution in [2.24, 2.45) is 0 Å². The third-order valence-electron chi connectivity index (χ3n) is 4.66. The summed E-state index contributed by atoms with van der Waals surface area (Å²) in [6, 6.07) is 17.4. The van der Waals surface area contributed by atoms with E-state index in [1.54, 1.807) is 6.08 Å². The van der Waals surface area contributed by atoms with Gasteiger partial charge in [0.15, 0.2) is 0 Å². The summed E-state index contributed by atoms with van der Waals surface area (Å²) in [6.07, 6.45) is 5.15. The number of benzene rings is 2. The van der Waals surface area contributed by atoms with E-state index in [-0.39, 0.29) is 5.82 Å². The standard InChI is InChI=1S/C22H18N4O5/c27-21-20(26(29)30)22(28)24-19(23-21)11-10-15-14-25(18-9-5-4-8-17(15)18)12-13-31-16-6-2-1-3-7-16/h1-11,14H,12-13H2,(H2,23,24,27,28)/b11-10+. The van der Waals surface area contributed by atoms with E-state index in [0.717, 1.165) is 22.2 Å². The van der Waals surface area contributed by atoms with E-state index < -0.39 is 22.0 Å². The predicted octanol–water partition coefficient (Wildman–Crippen LogP) is 3.59. The van der Waals surface area contributed by atoms with E-state index in [9.17, 15) is 20.0 Å². The van der Waals surface area contributed by atoms with Crippen LogP contribution in [0.2, 0.25) is 0 Å². The zero-order valence-electron chi connectivity index (χ0n) is 16.3. The van der Waals surface area contributed by atoms with Gasteiger partial charge in [-0.05, 0) is 30.4 Å². The molecule has 0 unspecified atom stereocenters. The fourth-order valence-electron chi connectivity index (χ4n) is 3.26. The monoisotopic (exact) mass is 418 g/mol. The summed E-state index contributed by atoms with van der Waals surface area (Å²) in [5, 5.41) is 21.5. The Hall–Kier alpha value is -4.40. The van der Waals surface area contributed by atoms with Crippen molar-refractivity contribution in [2.75, 3.05) is 6.61 Å². The minimum Gasteiger partial charge on any atom is -0.492 e. The van der Waals surface area contributed by atoms with Gasteiger partial charge in [0, 0.05) is 22.7 Å². The molecule has 0 amide bonds. The van der Waals surface area contributed by atoms with Crippen molar-refractivity contribution in [3.8, 4) is 11.6 Å². The Morgan fingerprint density at radius 2 is 1.87 bits per heavy atom. The number of rotatable bonds is 7. The third-order valence-corrected chi connectivity index (χ3v) is 4.66. The van der Waals surface area contributed by atoms with Gasteiger partial charge in [-0.3, -0.25) is 14.9 Å². The van der Waals surface area contributed by atoms with E-state index in [0.29, 0.717) is 13.2 Å². The lowest BCUT2D eigenvalue weighted by molar-refractivity contribution is -0.387. The summed E-state index contributed by atoms with van der Waals surface area (Å²) in [5.41, 5.74) is -0.132. The van der Waals surface area contributed by atoms with Crippen LogP contribution in [0, 0.1) is 10.1 Å². The molecule has 0 atom stereocenters. The highest BCUT2D eigenvalue weighted by Gasteiger charge is 2.21. The van der Waals surface area contributed by atoms with Crippen LogP contribution in [-0.2, 0) is 6.54 Å². The Kier molecular flexibility index (Phi) is 5.48. The van der Waals surface area contributed by atoms with Crippen molar-refractivity contribution in [1.82, 2.24) is 14.5 Å². The van der Waals surface area contributed by atoms with Crippen molar-refractivity contribution in [1.29, 1.82) is 0 Å². The molecule has 0 saturated carbocycles. The summed E-state index contributed by atoms with van der Waals surface area (Å²) >= 11 is 0. The smallest absolute Gasteiger partial charge is 0.395 e. The number of ether oxygens (including phenoxy) is 1. The molecule has 9 heteroatoms. The number of nitro groups is 1. The Morgan fingerprint density at radius 3 is 2.61 bits per heavy atom. The van der Waals surface area contributed by atoms with Crippen LogP contribution >= 0.6 is 0 Å². The number of nitrogens with zero attached hydrogens (tertiary/aromatic N) is 3. The molecule has 2 N–H and O–H groups in total. The van der Waals surface area contributed by atoms with E-state index in [4.69, 9.17) is 4.74 Å². The van der Waals surface area contributed by atoms with Crippen LogP contribution in [0.15, 0.2) is 65.6 Å². The Balaban J connectivity index is 1.58. The van der Waals surface area contributed by atoms with Gasteiger partial charge in [-0.1, -0.05) is 36.4 Å². The number of para-hydroxylation sites is 2. The minimum atomic E-state index is -1.02. The van der Waals surface area contributed by atoms with Gasteiger partial charge in [0.1, 0.15) is 18.2 Å². The quantitative estimate of drug-likeness (QED) is 0.349. The van der Waals surface area contributed by atoms with Crippen LogP contribution < -0.4 is 10.3 Å². The van der Waals surface area contributed by atoms with Crippen molar-refractivity contribution < 1.29 is 14.8 Å². The number of aromatic hydroxyl groups is 1. The second kappa shape index (κ2) is 8.54. The summed E-state index contributed by atoms with van der Waals surface area (Å²) < 4.78 is 7.84. The average molecular weight is 418 g/mol. The number of hydrogen-bond acceptors (Lipinski definition) is 6. The van der Waals surface area contributed by atoms with Crippen molar-refractivity contribution in [3.05, 3.63) is 92.7 Å². The van der Waals surface area contributed by atoms with Crippen LogP contribution in [-0.4, -0.2) is 31.2 Å². The molecule has 0 aliphatic heterocycles. The first-order valence-corrected chi connectivity index (χ1v) is 9.44. The number of aromatic amines is 1. The van der Waals surface area contributed by atoms with Gasteiger partial charge in [-0.15, -0.1) is 0 Å². The van der Waals surface area contributed by atoms with Crippen LogP contribution in [0.25, 0.3) is 23.1 Å². The number of H-pyrrole nitrogens is 1. The molecule has 0 radical (unpaired) electrons. The van der Waals surface area contributed by atoms with Gasteiger partial charge < -0.3 is 19.4 Å². The first-order valence-electron chi connectivity index (χ1n) is 9.44. The maximum atomic E-state index is 11.8. The van der Waals surface area contributed by atoms with Crippen molar-refractivity contribution in [3.63, 3.8) is 0 Å². The molecule has 0 aliphatic rings. The normalized spacial score (nSPS) is 11.2. The number of fused-ring (bicyclic) bond motifs is 1. The zero-order chi connectivity index (χ0) is 21.8. The van der Waals surface area contributed by atoms with Gasteiger partial charge >= 0.3 is 11.2 Å². The van der Waals surface area contributed by atoms with Crippen LogP contribution in [0.4, 0.5) is 5.69 Å². The molecule has 9 nitrogen and oxygen atoms in total. The lowest BCUT2D eigenvalue weighted by atomic mass is 10.1. The van der Waals surface area contributed by atoms with Gasteiger partial charge in [0.05, 0.1) is 11.5 Å². The predicted molar refractivity (Wildman–Crippen MR) is 116 cm³/mol. The van der Waals surface area contributed by atoms with Crippen molar-refractivity contribution in [2.45, 2.75) is 6.54 Å². The van der Waals surface area contributed by atoms with Gasteiger partial charge in [0.25, 0.3) is 5.88 Å². The number of hydrogen-bond donors (Lipinski definition) is 2. The van der Waals surface area contributed by atoms with Gasteiger partial charge in [-0.2, -0.15) is 4.98 Å². The SMILES string of the molecule is O=c1[nH]c(/C=C/c2cn(CCOc3ccccc3)c3ccccc23)nc(O)c1[N+](=O)[O-]. The summed E-state index contributed by atoms with van der Waals surface area (Å²) in [7, 11) is 0. The second-order valence-corrected chi connectivity index (χ2v) is 6.67. The van der Waals surface area contributed by atoms with E-state index in [1.807, 2.05) is 60.8 Å². The molecular weight excluding hydrogens is 400 g/mol. The lowest BCUT2D eigenvalue weighted by Gasteiger charge is -2.08. The molecule has 2 aromatic carbocycles. The minimum absolute atomic E-state index is 0.0114. The average Bonchev–Trinajstić information content (AvgIpc) is 3.10.